The summed E-state index contributed by atoms with van der Waals surface area (Å²) in [6.07, 6.45) is 1.62. The van der Waals surface area contributed by atoms with E-state index in [1.165, 1.54) is 0 Å². The lowest BCUT2D eigenvalue weighted by Crippen LogP contribution is -1.93. The van der Waals surface area contributed by atoms with Crippen molar-refractivity contribution in [2.24, 2.45) is 12.0 Å². The lowest BCUT2D eigenvalue weighted by molar-refractivity contribution is 0.913. The first-order valence-corrected chi connectivity index (χ1v) is 4.20. The Morgan fingerprint density at radius 3 is 2.46 bits per heavy atom. The minimum Gasteiger partial charge on any atom is -0.318 e. The third-order valence-electron chi connectivity index (χ3n) is 1.41. The molecule has 0 aliphatic heterocycles. The first-order valence-electron chi connectivity index (χ1n) is 4.20. The molecule has 1 rings (SSSR count). The zero-order valence-corrected chi connectivity index (χ0v) is 8.63. The Balaban J connectivity index is 0.000000671. The molecule has 0 bridgehead atoms. The van der Waals surface area contributed by atoms with Crippen LogP contribution in [0.5, 0.6) is 0 Å². The number of hydrogen-bond donors (Lipinski definition) is 1. The van der Waals surface area contributed by atoms with Crippen LogP contribution in [0.4, 0.5) is 5.82 Å². The number of hydrogen-bond acceptors (Lipinski definition) is 3. The lowest BCUT2D eigenvalue weighted by Gasteiger charge is -1.95. The Bertz CT molecular complexity index is 299. The van der Waals surface area contributed by atoms with E-state index in [2.05, 4.69) is 16.7 Å². The van der Waals surface area contributed by atoms with Crippen molar-refractivity contribution in [3.8, 4) is 0 Å². The number of aliphatic imine (C=N–C) groups is 1. The maximum atomic E-state index is 7.33. The topological polar surface area (TPSA) is 54.0 Å². The van der Waals surface area contributed by atoms with Crippen molar-refractivity contribution in [2.45, 2.75) is 20.8 Å². The second-order valence-corrected chi connectivity index (χ2v) is 2.31. The van der Waals surface area contributed by atoms with Gasteiger partial charge < -0.3 is 9.98 Å². The molecule has 0 radical (unpaired) electrons. The monoisotopic (exact) mass is 180 g/mol. The summed E-state index contributed by atoms with van der Waals surface area (Å²) in [6.45, 7) is 9.08. The molecule has 4 nitrogen and oxygen atoms in total. The summed E-state index contributed by atoms with van der Waals surface area (Å²) in [6, 6.07) is 0. The molecule has 0 aliphatic carbocycles. The minimum absolute atomic E-state index is 0.410. The molecule has 1 heterocycles. The molecule has 0 atom stereocenters. The van der Waals surface area contributed by atoms with Gasteiger partial charge in [0.15, 0.2) is 5.82 Å². The third-order valence-corrected chi connectivity index (χ3v) is 1.41. The molecule has 0 aliphatic rings. The van der Waals surface area contributed by atoms with Crippen molar-refractivity contribution in [3.63, 3.8) is 0 Å². The predicted molar refractivity (Wildman–Crippen MR) is 56.3 cm³/mol. The molecule has 13 heavy (non-hydrogen) atoms. The molecule has 0 saturated carbocycles. The van der Waals surface area contributed by atoms with Gasteiger partial charge in [-0.2, -0.15) is 0 Å². The maximum absolute atomic E-state index is 7.33. The second-order valence-electron chi connectivity index (χ2n) is 2.31. The number of nitrogens with zero attached hydrogens (tertiary/aromatic N) is 3. The second kappa shape index (κ2) is 5.24. The van der Waals surface area contributed by atoms with Crippen molar-refractivity contribution in [3.05, 3.63) is 12.0 Å². The summed E-state index contributed by atoms with van der Waals surface area (Å²) in [7, 11) is 1.82. The van der Waals surface area contributed by atoms with Gasteiger partial charge in [0, 0.05) is 7.05 Å². The number of imidazole rings is 1. The van der Waals surface area contributed by atoms with E-state index >= 15 is 0 Å². The Morgan fingerprint density at radius 1 is 1.62 bits per heavy atom. The van der Waals surface area contributed by atoms with E-state index in [1.54, 1.807) is 17.8 Å². The van der Waals surface area contributed by atoms with Crippen LogP contribution in [0.15, 0.2) is 11.3 Å². The largest absolute Gasteiger partial charge is 0.318 e. The van der Waals surface area contributed by atoms with Crippen LogP contribution in [-0.4, -0.2) is 22.0 Å². The van der Waals surface area contributed by atoms with Crippen LogP contribution in [0, 0.1) is 5.41 Å². The summed E-state index contributed by atoms with van der Waals surface area (Å²) in [5.74, 6) is 0.650. The van der Waals surface area contributed by atoms with Crippen LogP contribution in [-0.2, 0) is 7.05 Å². The van der Waals surface area contributed by atoms with Crippen LogP contribution >= 0.6 is 0 Å². The average Bonchev–Trinajstić information content (AvgIpc) is 2.50. The zero-order valence-electron chi connectivity index (χ0n) is 8.63. The van der Waals surface area contributed by atoms with Crippen molar-refractivity contribution in [1.29, 1.82) is 5.41 Å². The molecule has 4 heteroatoms. The van der Waals surface area contributed by atoms with Crippen LogP contribution in [0.25, 0.3) is 0 Å². The highest BCUT2D eigenvalue weighted by Crippen LogP contribution is 2.15. The average molecular weight is 180 g/mol. The molecule has 0 saturated heterocycles. The summed E-state index contributed by atoms with van der Waals surface area (Å²) in [5, 5.41) is 7.33. The highest BCUT2D eigenvalue weighted by atomic mass is 15.1. The van der Waals surface area contributed by atoms with E-state index in [4.69, 9.17) is 5.41 Å². The lowest BCUT2D eigenvalue weighted by atomic mass is 10.3. The van der Waals surface area contributed by atoms with E-state index in [9.17, 15) is 0 Å². The number of aromatic nitrogens is 2. The minimum atomic E-state index is 0.410. The Kier molecular flexibility index (Phi) is 4.66. The highest BCUT2D eigenvalue weighted by molar-refractivity contribution is 5.98. The van der Waals surface area contributed by atoms with Crippen LogP contribution in [0.1, 0.15) is 26.5 Å². The van der Waals surface area contributed by atoms with Crippen LogP contribution in [0.2, 0.25) is 0 Å². The van der Waals surface area contributed by atoms with E-state index in [1.807, 2.05) is 20.9 Å². The first kappa shape index (κ1) is 11.6. The molecule has 0 fully saturated rings. The SMILES string of the molecule is C=Nc1c(C(C)=N)ncn1C.CC. The van der Waals surface area contributed by atoms with Gasteiger partial charge in [-0.1, -0.05) is 13.8 Å². The third kappa shape index (κ3) is 2.50. The smallest absolute Gasteiger partial charge is 0.160 e. The van der Waals surface area contributed by atoms with Crippen molar-refractivity contribution in [2.75, 3.05) is 0 Å². The van der Waals surface area contributed by atoms with E-state index in [-0.39, 0.29) is 0 Å². The van der Waals surface area contributed by atoms with Crippen LogP contribution in [0.3, 0.4) is 0 Å². The Morgan fingerprint density at radius 2 is 2.15 bits per heavy atom. The molecule has 0 aromatic carbocycles. The van der Waals surface area contributed by atoms with Gasteiger partial charge >= 0.3 is 0 Å². The summed E-state index contributed by atoms with van der Waals surface area (Å²) >= 11 is 0. The van der Waals surface area contributed by atoms with Gasteiger partial charge in [-0.15, -0.1) is 0 Å². The molecule has 0 unspecified atom stereocenters. The molecule has 1 N–H and O–H groups in total. The number of aryl methyl sites for hydroxylation is 1. The molecule has 0 spiro atoms. The van der Waals surface area contributed by atoms with Gasteiger partial charge in [0.1, 0.15) is 5.69 Å². The normalized spacial score (nSPS) is 8.62. The van der Waals surface area contributed by atoms with Gasteiger partial charge in [-0.05, 0) is 13.6 Å². The fraction of sp³-hybridized carbons (Fsp3) is 0.444. The standard InChI is InChI=1S/C7H10N4.C2H6/c1-5(8)6-7(9-2)11(3)4-10-6;1-2/h4,8H,2H2,1,3H3;1-2H3. The Hall–Kier alpha value is -1.45. The maximum Gasteiger partial charge on any atom is 0.160 e. The first-order chi connectivity index (χ1) is 6.16. The molecule has 1 aromatic rings. The van der Waals surface area contributed by atoms with Crippen molar-refractivity contribution < 1.29 is 0 Å². The van der Waals surface area contributed by atoms with E-state index in [0.717, 1.165) is 0 Å². The Labute approximate surface area is 78.8 Å². The molecule has 0 amide bonds. The number of rotatable bonds is 2. The van der Waals surface area contributed by atoms with Crippen LogP contribution < -0.4 is 0 Å². The molecular weight excluding hydrogens is 164 g/mol. The van der Waals surface area contributed by atoms with Gasteiger partial charge in [-0.3, -0.25) is 0 Å². The van der Waals surface area contributed by atoms with Gasteiger partial charge in [0.25, 0.3) is 0 Å². The summed E-state index contributed by atoms with van der Waals surface area (Å²) < 4.78 is 1.74. The van der Waals surface area contributed by atoms with Gasteiger partial charge in [0.2, 0.25) is 0 Å². The number of nitrogens with one attached hydrogen (secondary N) is 1. The van der Waals surface area contributed by atoms with Crippen molar-refractivity contribution in [1.82, 2.24) is 9.55 Å². The molecule has 72 valence electrons. The van der Waals surface area contributed by atoms with E-state index < -0.39 is 0 Å². The summed E-state index contributed by atoms with van der Waals surface area (Å²) in [5.41, 5.74) is 1.01. The summed E-state index contributed by atoms with van der Waals surface area (Å²) in [4.78, 5) is 7.75. The van der Waals surface area contributed by atoms with Crippen molar-refractivity contribution >= 4 is 18.2 Å². The molecule has 1 aromatic heterocycles. The fourth-order valence-electron chi connectivity index (χ4n) is 0.875. The fourth-order valence-corrected chi connectivity index (χ4v) is 0.875. The van der Waals surface area contributed by atoms with E-state index in [0.29, 0.717) is 17.2 Å². The predicted octanol–water partition coefficient (Wildman–Crippen LogP) is 2.17. The zero-order chi connectivity index (χ0) is 10.4. The molecular formula is C9H16N4. The highest BCUT2D eigenvalue weighted by Gasteiger charge is 2.07. The quantitative estimate of drug-likeness (QED) is 0.697. The van der Waals surface area contributed by atoms with Gasteiger partial charge in [0.05, 0.1) is 12.0 Å². The van der Waals surface area contributed by atoms with Gasteiger partial charge in [-0.25, -0.2) is 9.98 Å².